The van der Waals surface area contributed by atoms with Crippen LogP contribution in [0, 0.1) is 0 Å². The average Bonchev–Trinajstić information content (AvgIpc) is 3.25. The highest BCUT2D eigenvalue weighted by Gasteiger charge is 2.26. The van der Waals surface area contributed by atoms with E-state index in [-0.39, 0.29) is 6.10 Å². The lowest BCUT2D eigenvalue weighted by molar-refractivity contribution is -0.0389. The van der Waals surface area contributed by atoms with Crippen molar-refractivity contribution in [2.45, 2.75) is 19.2 Å². The van der Waals surface area contributed by atoms with Crippen LogP contribution < -0.4 is 0 Å². The van der Waals surface area contributed by atoms with Gasteiger partial charge in [0.05, 0.1) is 19.3 Å². The highest BCUT2D eigenvalue weighted by atomic mass is 16.5. The number of morpholine rings is 1. The molecule has 1 aliphatic rings. The Morgan fingerprint density at radius 1 is 1.16 bits per heavy atom. The third-order valence-corrected chi connectivity index (χ3v) is 4.37. The first kappa shape index (κ1) is 15.9. The van der Waals surface area contributed by atoms with E-state index < -0.39 is 0 Å². The van der Waals surface area contributed by atoms with E-state index in [1.807, 2.05) is 24.0 Å². The number of aryl methyl sites for hydroxylation is 1. The van der Waals surface area contributed by atoms with E-state index in [9.17, 15) is 0 Å². The zero-order chi connectivity index (χ0) is 17.1. The highest BCUT2D eigenvalue weighted by molar-refractivity contribution is 5.15. The van der Waals surface area contributed by atoms with Crippen LogP contribution in [0.2, 0.25) is 0 Å². The van der Waals surface area contributed by atoms with Gasteiger partial charge >= 0.3 is 0 Å². The molecule has 130 valence electrons. The molecule has 0 bridgehead atoms. The summed E-state index contributed by atoms with van der Waals surface area (Å²) < 4.78 is 9.48. The first-order chi connectivity index (χ1) is 12.3. The fourth-order valence-electron chi connectivity index (χ4n) is 3.11. The number of benzene rings is 1. The Morgan fingerprint density at radius 2 is 2.04 bits per heavy atom. The van der Waals surface area contributed by atoms with Crippen molar-refractivity contribution in [2.24, 2.45) is 7.05 Å². The number of tetrazole rings is 1. The second-order valence-corrected chi connectivity index (χ2v) is 6.29. The maximum Gasteiger partial charge on any atom is 0.181 e. The van der Waals surface area contributed by atoms with Crippen LogP contribution in [0.1, 0.15) is 23.1 Å². The van der Waals surface area contributed by atoms with Crippen molar-refractivity contribution in [3.63, 3.8) is 0 Å². The summed E-state index contributed by atoms with van der Waals surface area (Å²) in [7, 11) is 1.84. The molecule has 0 spiro atoms. The summed E-state index contributed by atoms with van der Waals surface area (Å²) in [4.78, 5) is 2.35. The quantitative estimate of drug-likeness (QED) is 0.691. The van der Waals surface area contributed by atoms with Crippen LogP contribution in [0.5, 0.6) is 0 Å². The van der Waals surface area contributed by atoms with Gasteiger partial charge in [0.2, 0.25) is 0 Å². The minimum atomic E-state index is -0.0897. The van der Waals surface area contributed by atoms with E-state index in [4.69, 9.17) is 4.74 Å². The Labute approximate surface area is 146 Å². The number of hydrogen-bond donors (Lipinski definition) is 0. The number of ether oxygens (including phenoxy) is 1. The molecule has 0 aliphatic carbocycles. The number of nitrogens with zero attached hydrogens (tertiary/aromatic N) is 7. The van der Waals surface area contributed by atoms with Gasteiger partial charge < -0.3 is 4.74 Å². The van der Waals surface area contributed by atoms with Crippen LogP contribution in [-0.4, -0.2) is 54.6 Å². The Hall–Kier alpha value is -2.58. The molecule has 8 nitrogen and oxygen atoms in total. The van der Waals surface area contributed by atoms with E-state index in [0.29, 0.717) is 6.61 Å². The fraction of sp³-hybridized carbons (Fsp3) is 0.412. The Morgan fingerprint density at radius 3 is 2.84 bits per heavy atom. The van der Waals surface area contributed by atoms with Crippen molar-refractivity contribution < 1.29 is 4.74 Å². The van der Waals surface area contributed by atoms with Gasteiger partial charge in [0.15, 0.2) is 5.82 Å². The monoisotopic (exact) mass is 339 g/mol. The van der Waals surface area contributed by atoms with Crippen LogP contribution in [-0.2, 0) is 24.9 Å². The molecule has 0 N–H and O–H groups in total. The minimum absolute atomic E-state index is 0.0897. The highest BCUT2D eigenvalue weighted by Crippen LogP contribution is 2.20. The predicted molar refractivity (Wildman–Crippen MR) is 90.5 cm³/mol. The smallest absolute Gasteiger partial charge is 0.181 e. The maximum absolute atomic E-state index is 5.83. The zero-order valence-electron chi connectivity index (χ0n) is 14.2. The molecule has 1 atom stereocenters. The summed E-state index contributed by atoms with van der Waals surface area (Å²) in [6, 6.07) is 10.4. The molecule has 8 heteroatoms. The molecule has 2 aromatic heterocycles. The van der Waals surface area contributed by atoms with Gasteiger partial charge in [-0.1, -0.05) is 30.3 Å². The molecule has 0 amide bonds. The van der Waals surface area contributed by atoms with Crippen molar-refractivity contribution >= 4 is 0 Å². The lowest BCUT2D eigenvalue weighted by atomic mass is 10.2. The average molecular weight is 339 g/mol. The minimum Gasteiger partial charge on any atom is -0.367 e. The van der Waals surface area contributed by atoms with Gasteiger partial charge in [-0.25, -0.2) is 4.68 Å². The van der Waals surface area contributed by atoms with Crippen LogP contribution in [0.15, 0.2) is 42.7 Å². The van der Waals surface area contributed by atoms with Crippen molar-refractivity contribution in [1.29, 1.82) is 0 Å². The molecule has 1 aliphatic heterocycles. The molecular weight excluding hydrogens is 318 g/mol. The standard InChI is InChI=1S/C17H21N7O/c1-22-17(19-20-21-22)16-13-23(7-8-25-16)10-15-9-18-24(12-15)11-14-5-3-2-4-6-14/h2-6,9,12,16H,7-8,10-11,13H2,1H3. The molecule has 3 aromatic rings. The lowest BCUT2D eigenvalue weighted by Crippen LogP contribution is -2.38. The Kier molecular flexibility index (Phi) is 4.53. The van der Waals surface area contributed by atoms with Gasteiger partial charge in [0.25, 0.3) is 0 Å². The lowest BCUT2D eigenvalue weighted by Gasteiger charge is -2.31. The molecule has 1 aromatic carbocycles. The van der Waals surface area contributed by atoms with Gasteiger partial charge in [-0.3, -0.25) is 9.58 Å². The summed E-state index contributed by atoms with van der Waals surface area (Å²) >= 11 is 0. The topological polar surface area (TPSA) is 73.9 Å². The summed E-state index contributed by atoms with van der Waals surface area (Å²) in [5.41, 5.74) is 2.45. The van der Waals surface area contributed by atoms with Gasteiger partial charge in [-0.2, -0.15) is 5.10 Å². The molecule has 3 heterocycles. The Balaban J connectivity index is 1.38. The van der Waals surface area contributed by atoms with Crippen molar-refractivity contribution in [1.82, 2.24) is 34.9 Å². The van der Waals surface area contributed by atoms with E-state index in [1.165, 1.54) is 11.1 Å². The molecule has 0 saturated carbocycles. The SMILES string of the molecule is Cn1nnnc1C1CN(Cc2cnn(Cc3ccccc3)c2)CCO1. The van der Waals surface area contributed by atoms with E-state index >= 15 is 0 Å². The van der Waals surface area contributed by atoms with Crippen molar-refractivity contribution in [3.05, 3.63) is 59.7 Å². The van der Waals surface area contributed by atoms with Crippen molar-refractivity contribution in [2.75, 3.05) is 19.7 Å². The summed E-state index contributed by atoms with van der Waals surface area (Å²) in [5, 5.41) is 16.1. The number of hydrogen-bond acceptors (Lipinski definition) is 6. The van der Waals surface area contributed by atoms with E-state index in [0.717, 1.165) is 32.0 Å². The second kappa shape index (κ2) is 7.12. The molecule has 1 saturated heterocycles. The largest absolute Gasteiger partial charge is 0.367 e. The molecule has 1 unspecified atom stereocenters. The first-order valence-electron chi connectivity index (χ1n) is 8.39. The molecule has 25 heavy (non-hydrogen) atoms. The number of rotatable bonds is 5. The van der Waals surface area contributed by atoms with Crippen LogP contribution in [0.3, 0.4) is 0 Å². The summed E-state index contributed by atoms with van der Waals surface area (Å²) in [6.45, 7) is 3.98. The fourth-order valence-corrected chi connectivity index (χ4v) is 3.11. The van der Waals surface area contributed by atoms with Gasteiger partial charge in [-0.05, 0) is 16.0 Å². The second-order valence-electron chi connectivity index (χ2n) is 6.29. The third-order valence-electron chi connectivity index (χ3n) is 4.37. The molecule has 0 radical (unpaired) electrons. The normalized spacial score (nSPS) is 18.5. The molecule has 1 fully saturated rings. The van der Waals surface area contributed by atoms with Gasteiger partial charge in [0, 0.05) is 38.4 Å². The molecule has 4 rings (SSSR count). The third kappa shape index (κ3) is 3.75. The molecular formula is C17H21N7O. The predicted octanol–water partition coefficient (Wildman–Crippen LogP) is 1.03. The summed E-state index contributed by atoms with van der Waals surface area (Å²) in [6.07, 6.45) is 3.96. The van der Waals surface area contributed by atoms with Gasteiger partial charge in [-0.15, -0.1) is 5.10 Å². The van der Waals surface area contributed by atoms with Crippen LogP contribution in [0.4, 0.5) is 0 Å². The maximum atomic E-state index is 5.83. The van der Waals surface area contributed by atoms with Crippen molar-refractivity contribution in [3.8, 4) is 0 Å². The summed E-state index contributed by atoms with van der Waals surface area (Å²) in [5.74, 6) is 0.768. The first-order valence-corrected chi connectivity index (χ1v) is 8.39. The van der Waals surface area contributed by atoms with Crippen LogP contribution in [0.25, 0.3) is 0 Å². The zero-order valence-corrected chi connectivity index (χ0v) is 14.2. The van der Waals surface area contributed by atoms with E-state index in [2.05, 4.69) is 56.0 Å². The Bertz CT molecular complexity index is 813. The number of aromatic nitrogens is 6. The van der Waals surface area contributed by atoms with Crippen LogP contribution >= 0.6 is 0 Å². The van der Waals surface area contributed by atoms with E-state index in [1.54, 1.807) is 4.68 Å². The van der Waals surface area contributed by atoms with Gasteiger partial charge in [0.1, 0.15) is 6.10 Å².